The highest BCUT2D eigenvalue weighted by molar-refractivity contribution is 5.96. The van der Waals surface area contributed by atoms with Crippen LogP contribution in [0.25, 0.3) is 0 Å². The Morgan fingerprint density at radius 1 is 1.21 bits per heavy atom. The minimum absolute atomic E-state index is 0.0195. The van der Waals surface area contributed by atoms with Gasteiger partial charge in [-0.2, -0.15) is 0 Å². The fraction of sp³-hybridized carbons (Fsp3) is 0.400. The summed E-state index contributed by atoms with van der Waals surface area (Å²) in [5.41, 5.74) is -1.23. The van der Waals surface area contributed by atoms with Gasteiger partial charge < -0.3 is 10.2 Å². The van der Waals surface area contributed by atoms with E-state index in [1.54, 1.807) is 30.9 Å². The first kappa shape index (κ1) is 20.7. The number of carboxylic acids is 1. The van der Waals surface area contributed by atoms with E-state index in [1.165, 1.54) is 16.7 Å². The zero-order valence-corrected chi connectivity index (χ0v) is 16.2. The first-order valence-corrected chi connectivity index (χ1v) is 9.20. The van der Waals surface area contributed by atoms with E-state index in [0.717, 1.165) is 5.56 Å². The minimum Gasteiger partial charge on any atom is -0.501 e. The third kappa shape index (κ3) is 4.04. The first-order valence-electron chi connectivity index (χ1n) is 9.20. The molecule has 0 unspecified atom stereocenters. The number of carbonyl (C=O) groups is 2. The van der Waals surface area contributed by atoms with Crippen LogP contribution in [0.1, 0.15) is 42.1 Å². The lowest BCUT2D eigenvalue weighted by Crippen LogP contribution is -2.54. The molecule has 1 aromatic carbocycles. The van der Waals surface area contributed by atoms with Gasteiger partial charge >= 0.3 is 5.97 Å². The van der Waals surface area contributed by atoms with E-state index in [9.17, 15) is 23.9 Å². The van der Waals surface area contributed by atoms with Crippen LogP contribution in [-0.4, -0.2) is 49.5 Å². The van der Waals surface area contributed by atoms with Crippen molar-refractivity contribution in [2.24, 2.45) is 0 Å². The number of carboxylic acid groups (broad SMARTS) is 1. The molecule has 29 heavy (non-hydrogen) atoms. The van der Waals surface area contributed by atoms with Gasteiger partial charge in [0.15, 0.2) is 11.5 Å². The van der Waals surface area contributed by atoms with E-state index in [1.807, 2.05) is 0 Å². The molecular formula is C20H22FN3O5. The van der Waals surface area contributed by atoms with Gasteiger partial charge in [-0.25, -0.2) is 9.37 Å². The molecule has 0 radical (unpaired) electrons. The molecule has 0 aliphatic carbocycles. The maximum Gasteiger partial charge on any atom is 0.317 e. The first-order chi connectivity index (χ1) is 13.6. The molecule has 2 N–H and O–H groups in total. The van der Waals surface area contributed by atoms with Crippen molar-refractivity contribution in [2.45, 2.75) is 38.8 Å². The number of carbonyl (C=O) groups excluding carboxylic acids is 1. The normalized spacial score (nSPS) is 15.7. The monoisotopic (exact) mass is 403 g/mol. The van der Waals surface area contributed by atoms with Crippen LogP contribution in [-0.2, 0) is 23.3 Å². The SMILES string of the molecule is CC1(C)c2nc(C(=O)CCc3ccc(F)cc3)c(O)c(=O)n2CCN1CC(=O)O. The van der Waals surface area contributed by atoms with Crippen molar-refractivity contribution in [3.63, 3.8) is 0 Å². The number of halogens is 1. The van der Waals surface area contributed by atoms with Crippen LogP contribution in [0.3, 0.4) is 0 Å². The van der Waals surface area contributed by atoms with Crippen LogP contribution in [0, 0.1) is 5.82 Å². The molecule has 0 saturated carbocycles. The molecule has 0 atom stereocenters. The van der Waals surface area contributed by atoms with E-state index in [0.29, 0.717) is 13.0 Å². The highest BCUT2D eigenvalue weighted by Crippen LogP contribution is 2.30. The molecule has 154 valence electrons. The molecule has 3 rings (SSSR count). The van der Waals surface area contributed by atoms with Gasteiger partial charge in [-0.05, 0) is 38.0 Å². The average Bonchev–Trinajstić information content (AvgIpc) is 2.66. The van der Waals surface area contributed by atoms with Crippen LogP contribution >= 0.6 is 0 Å². The van der Waals surface area contributed by atoms with Gasteiger partial charge in [0.25, 0.3) is 5.56 Å². The number of rotatable bonds is 6. The third-order valence-electron chi connectivity index (χ3n) is 5.22. The van der Waals surface area contributed by atoms with E-state index in [2.05, 4.69) is 4.98 Å². The fourth-order valence-corrected chi connectivity index (χ4v) is 3.52. The summed E-state index contributed by atoms with van der Waals surface area (Å²) in [6.07, 6.45) is 0.279. The summed E-state index contributed by atoms with van der Waals surface area (Å²) in [4.78, 5) is 42.4. The second kappa shape index (κ2) is 7.75. The average molecular weight is 403 g/mol. The molecule has 8 nitrogen and oxygen atoms in total. The summed E-state index contributed by atoms with van der Waals surface area (Å²) >= 11 is 0. The number of aromatic hydroxyl groups is 1. The van der Waals surface area contributed by atoms with Crippen LogP contribution in [0.4, 0.5) is 4.39 Å². The number of aliphatic carboxylic acids is 1. The number of hydrogen-bond donors (Lipinski definition) is 2. The number of nitrogens with zero attached hydrogens (tertiary/aromatic N) is 3. The number of hydrogen-bond acceptors (Lipinski definition) is 6. The van der Waals surface area contributed by atoms with E-state index >= 15 is 0 Å². The highest BCUT2D eigenvalue weighted by Gasteiger charge is 2.39. The lowest BCUT2D eigenvalue weighted by atomic mass is 9.97. The number of ketones is 1. The van der Waals surface area contributed by atoms with Gasteiger partial charge in [-0.3, -0.25) is 23.9 Å². The fourth-order valence-electron chi connectivity index (χ4n) is 3.52. The van der Waals surface area contributed by atoms with Crippen molar-refractivity contribution in [3.8, 4) is 5.75 Å². The predicted octanol–water partition coefficient (Wildman–Crippen LogP) is 1.54. The van der Waals surface area contributed by atoms with Gasteiger partial charge in [-0.15, -0.1) is 0 Å². The Kier molecular flexibility index (Phi) is 5.52. The van der Waals surface area contributed by atoms with Crippen molar-refractivity contribution in [1.29, 1.82) is 0 Å². The molecule has 0 spiro atoms. The molecule has 1 aliphatic rings. The van der Waals surface area contributed by atoms with Crippen molar-refractivity contribution >= 4 is 11.8 Å². The van der Waals surface area contributed by atoms with Gasteiger partial charge in [0.05, 0.1) is 12.1 Å². The molecule has 0 saturated heterocycles. The maximum atomic E-state index is 13.0. The Bertz CT molecular complexity index is 1010. The lowest BCUT2D eigenvalue weighted by Gasteiger charge is -2.42. The number of fused-ring (bicyclic) bond motifs is 1. The predicted molar refractivity (Wildman–Crippen MR) is 101 cm³/mol. The number of aromatic nitrogens is 2. The summed E-state index contributed by atoms with van der Waals surface area (Å²) in [5, 5.41) is 19.4. The molecule has 0 fully saturated rings. The largest absolute Gasteiger partial charge is 0.501 e. The molecule has 0 bridgehead atoms. The van der Waals surface area contributed by atoms with Crippen LogP contribution in [0.2, 0.25) is 0 Å². The van der Waals surface area contributed by atoms with Gasteiger partial charge in [-0.1, -0.05) is 12.1 Å². The van der Waals surface area contributed by atoms with Gasteiger partial charge in [0, 0.05) is 19.5 Å². The van der Waals surface area contributed by atoms with Crippen LogP contribution in [0.15, 0.2) is 29.1 Å². The number of Topliss-reactive ketones (excluding diaryl/α,β-unsaturated/α-hetero) is 1. The molecule has 1 aromatic heterocycles. The Morgan fingerprint density at radius 3 is 2.48 bits per heavy atom. The number of benzene rings is 1. The van der Waals surface area contributed by atoms with Crippen LogP contribution in [0.5, 0.6) is 5.75 Å². The third-order valence-corrected chi connectivity index (χ3v) is 5.22. The molecule has 2 aromatic rings. The summed E-state index contributed by atoms with van der Waals surface area (Å²) < 4.78 is 14.3. The van der Waals surface area contributed by atoms with Crippen molar-refractivity contribution < 1.29 is 24.2 Å². The van der Waals surface area contributed by atoms with E-state index in [4.69, 9.17) is 5.11 Å². The lowest BCUT2D eigenvalue weighted by molar-refractivity contribution is -0.140. The van der Waals surface area contributed by atoms with Gasteiger partial charge in [0.2, 0.25) is 5.75 Å². The van der Waals surface area contributed by atoms with Gasteiger partial charge in [0.1, 0.15) is 11.6 Å². The van der Waals surface area contributed by atoms with E-state index in [-0.39, 0.29) is 36.8 Å². The smallest absolute Gasteiger partial charge is 0.317 e. The van der Waals surface area contributed by atoms with E-state index < -0.39 is 28.6 Å². The Labute approximate surface area is 166 Å². The quantitative estimate of drug-likeness (QED) is 0.704. The molecule has 9 heteroatoms. The Hall–Kier alpha value is -3.07. The van der Waals surface area contributed by atoms with Crippen LogP contribution < -0.4 is 5.56 Å². The highest BCUT2D eigenvalue weighted by atomic mass is 19.1. The zero-order valence-electron chi connectivity index (χ0n) is 16.2. The summed E-state index contributed by atoms with van der Waals surface area (Å²) in [6.45, 7) is 3.66. The minimum atomic E-state index is -1.01. The molecule has 0 amide bonds. The standard InChI is InChI=1S/C20H22FN3O5/c1-20(2)19-22-16(14(25)8-5-12-3-6-13(21)7-4-12)17(28)18(29)24(19)10-9-23(20)11-15(26)27/h3-4,6-7,28H,5,8-11H2,1-2H3,(H,26,27). The van der Waals surface area contributed by atoms with Crippen molar-refractivity contribution in [1.82, 2.24) is 14.5 Å². The Morgan fingerprint density at radius 2 is 1.86 bits per heavy atom. The topological polar surface area (TPSA) is 113 Å². The number of aryl methyl sites for hydroxylation is 1. The molecule has 2 heterocycles. The molecule has 1 aliphatic heterocycles. The van der Waals surface area contributed by atoms with Crippen molar-refractivity contribution in [2.75, 3.05) is 13.1 Å². The summed E-state index contributed by atoms with van der Waals surface area (Å²) in [7, 11) is 0. The maximum absolute atomic E-state index is 13.0. The second-order valence-corrected chi connectivity index (χ2v) is 7.51. The van der Waals surface area contributed by atoms with Crippen molar-refractivity contribution in [3.05, 3.63) is 57.5 Å². The molecular weight excluding hydrogens is 381 g/mol. The zero-order chi connectivity index (χ0) is 21.3. The second-order valence-electron chi connectivity index (χ2n) is 7.51. The Balaban J connectivity index is 1.91. The summed E-state index contributed by atoms with van der Waals surface area (Å²) in [5.74, 6) is -2.38. The summed E-state index contributed by atoms with van der Waals surface area (Å²) in [6, 6.07) is 5.70.